The van der Waals surface area contributed by atoms with E-state index in [9.17, 15) is 4.79 Å². The maximum absolute atomic E-state index is 9.96. The fourth-order valence-corrected chi connectivity index (χ4v) is 0.703. The van der Waals surface area contributed by atoms with Crippen LogP contribution in [0.15, 0.2) is 0 Å². The van der Waals surface area contributed by atoms with Crippen LogP contribution in [0.1, 0.15) is 39.0 Å². The van der Waals surface area contributed by atoms with Gasteiger partial charge < -0.3 is 5.11 Å². The first kappa shape index (κ1) is 13.1. The molecule has 0 aromatic carbocycles. The van der Waals surface area contributed by atoms with Gasteiger partial charge in [0.15, 0.2) is 0 Å². The third kappa shape index (κ3) is 11.3. The summed E-state index contributed by atoms with van der Waals surface area (Å²) >= 11 is 0. The summed E-state index contributed by atoms with van der Waals surface area (Å²) in [6, 6.07) is 0. The van der Waals surface area contributed by atoms with Crippen molar-refractivity contribution < 1.29 is 9.90 Å². The molecule has 0 rings (SSSR count). The number of carbonyl (C=O) groups is 1. The van der Waals surface area contributed by atoms with Crippen LogP contribution in [0.5, 0.6) is 0 Å². The van der Waals surface area contributed by atoms with E-state index in [2.05, 4.69) is 6.92 Å². The Labute approximate surface area is 84.3 Å². The Morgan fingerprint density at radius 3 is 2.30 bits per heavy atom. The molecule has 0 heterocycles. The Morgan fingerprint density at radius 2 is 1.90 bits per heavy atom. The molecule has 0 spiro atoms. The van der Waals surface area contributed by atoms with Crippen molar-refractivity contribution >= 4 is 35.5 Å². The van der Waals surface area contributed by atoms with E-state index in [4.69, 9.17) is 5.11 Å². The van der Waals surface area contributed by atoms with E-state index in [1.807, 2.05) is 0 Å². The van der Waals surface area contributed by atoms with Gasteiger partial charge in [0.05, 0.1) is 0 Å². The van der Waals surface area contributed by atoms with Crippen LogP contribution in [-0.4, -0.2) is 40.6 Å². The normalized spacial score (nSPS) is 8.50. The van der Waals surface area contributed by atoms with Gasteiger partial charge in [-0.3, -0.25) is 4.79 Å². The second-order valence-electron chi connectivity index (χ2n) is 2.20. The molecule has 1 N–H and O–H groups in total. The second-order valence-corrected chi connectivity index (χ2v) is 2.20. The molecule has 0 aliphatic heterocycles. The van der Waals surface area contributed by atoms with Crippen LogP contribution in [0.25, 0.3) is 0 Å². The predicted octanol–water partition coefficient (Wildman–Crippen LogP) is 1.39. The van der Waals surface area contributed by atoms with E-state index in [1.54, 1.807) is 0 Å². The summed E-state index contributed by atoms with van der Waals surface area (Å²) in [6.07, 6.45) is 4.55. The zero-order valence-electron chi connectivity index (χ0n) is 5.89. The van der Waals surface area contributed by atoms with Crippen molar-refractivity contribution in [1.29, 1.82) is 0 Å². The van der Waals surface area contributed by atoms with Crippen LogP contribution in [0.4, 0.5) is 0 Å². The summed E-state index contributed by atoms with van der Waals surface area (Å²) in [6.45, 7) is 2.11. The zero-order valence-corrected chi connectivity index (χ0v) is 5.89. The molecule has 0 fully saturated rings. The minimum absolute atomic E-state index is 0. The molecule has 2 nitrogen and oxygen atoms in total. The Hall–Kier alpha value is 0.470. The van der Waals surface area contributed by atoms with Crippen molar-refractivity contribution in [2.45, 2.75) is 39.0 Å². The number of carboxylic acids is 1. The number of hydrogen-bond donors (Lipinski definition) is 1. The Morgan fingerprint density at radius 1 is 1.30 bits per heavy atom. The zero-order chi connectivity index (χ0) is 7.11. The molecule has 0 atom stereocenters. The molecule has 0 unspecified atom stereocenters. The van der Waals surface area contributed by atoms with Crippen LogP contribution in [0.3, 0.4) is 0 Å². The van der Waals surface area contributed by atoms with Gasteiger partial charge in [-0.2, -0.15) is 0 Å². The molecule has 10 heavy (non-hydrogen) atoms. The van der Waals surface area contributed by atoms with Crippen molar-refractivity contribution in [3.8, 4) is 0 Å². The van der Waals surface area contributed by atoms with Crippen molar-refractivity contribution in [3.05, 3.63) is 0 Å². The van der Waals surface area contributed by atoms with Gasteiger partial charge in [-0.05, 0) is 6.42 Å². The summed E-state index contributed by atoms with van der Waals surface area (Å²) in [5, 5.41) is 8.21. The van der Waals surface area contributed by atoms with Crippen molar-refractivity contribution in [2.24, 2.45) is 0 Å². The molecule has 0 saturated carbocycles. The van der Waals surface area contributed by atoms with E-state index in [0.29, 0.717) is 6.42 Å². The molecular formula is C7H15NaO2. The Kier molecular flexibility index (Phi) is 12.4. The second kappa shape index (κ2) is 9.47. The molecule has 0 bridgehead atoms. The molecular weight excluding hydrogens is 139 g/mol. The van der Waals surface area contributed by atoms with E-state index in [-0.39, 0.29) is 29.6 Å². The molecule has 0 amide bonds. The van der Waals surface area contributed by atoms with Crippen LogP contribution in [0, 0.1) is 0 Å². The summed E-state index contributed by atoms with van der Waals surface area (Å²) < 4.78 is 0. The number of unbranched alkanes of at least 4 members (excludes halogenated alkanes) is 3. The summed E-state index contributed by atoms with van der Waals surface area (Å²) in [4.78, 5) is 9.96. The summed E-state index contributed by atoms with van der Waals surface area (Å²) in [7, 11) is 0. The molecule has 0 aromatic heterocycles. The van der Waals surface area contributed by atoms with Gasteiger partial charge in [0, 0.05) is 6.42 Å². The molecule has 0 saturated heterocycles. The third-order valence-electron chi connectivity index (χ3n) is 1.24. The molecule has 3 heteroatoms. The fourth-order valence-electron chi connectivity index (χ4n) is 0.703. The van der Waals surface area contributed by atoms with E-state index < -0.39 is 5.97 Å². The standard InChI is InChI=1S/C7H14O2.Na.H/c1-2-3-4-5-6-7(8)9;;/h2-6H2,1H3,(H,8,9);;. The van der Waals surface area contributed by atoms with Gasteiger partial charge in [-0.15, -0.1) is 0 Å². The minimum atomic E-state index is -0.675. The number of hydrogen-bond acceptors (Lipinski definition) is 1. The first-order valence-corrected chi connectivity index (χ1v) is 3.49. The van der Waals surface area contributed by atoms with Gasteiger partial charge in [-0.25, -0.2) is 0 Å². The third-order valence-corrected chi connectivity index (χ3v) is 1.24. The number of aliphatic carboxylic acids is 1. The number of carboxylic acid groups (broad SMARTS) is 1. The van der Waals surface area contributed by atoms with Gasteiger partial charge in [0.25, 0.3) is 0 Å². The van der Waals surface area contributed by atoms with Crippen LogP contribution >= 0.6 is 0 Å². The van der Waals surface area contributed by atoms with Gasteiger partial charge in [0.1, 0.15) is 0 Å². The van der Waals surface area contributed by atoms with E-state index in [1.165, 1.54) is 6.42 Å². The van der Waals surface area contributed by atoms with Crippen LogP contribution in [-0.2, 0) is 4.79 Å². The average Bonchev–Trinajstić information content (AvgIpc) is 1.80. The molecule has 0 aromatic rings. The Bertz CT molecular complexity index is 83.7. The van der Waals surface area contributed by atoms with Gasteiger partial charge >= 0.3 is 35.5 Å². The quantitative estimate of drug-likeness (QED) is 0.480. The van der Waals surface area contributed by atoms with Gasteiger partial charge in [-0.1, -0.05) is 26.2 Å². The monoisotopic (exact) mass is 154 g/mol. The maximum atomic E-state index is 9.96. The topological polar surface area (TPSA) is 37.3 Å². The average molecular weight is 154 g/mol. The fraction of sp³-hybridized carbons (Fsp3) is 0.857. The first-order valence-electron chi connectivity index (χ1n) is 3.49. The molecule has 0 radical (unpaired) electrons. The van der Waals surface area contributed by atoms with Crippen LogP contribution < -0.4 is 0 Å². The number of rotatable bonds is 5. The van der Waals surface area contributed by atoms with E-state index in [0.717, 1.165) is 19.3 Å². The van der Waals surface area contributed by atoms with Crippen molar-refractivity contribution in [1.82, 2.24) is 0 Å². The van der Waals surface area contributed by atoms with Crippen LogP contribution in [0.2, 0.25) is 0 Å². The predicted molar refractivity (Wildman–Crippen MR) is 43.5 cm³/mol. The SMILES string of the molecule is CCCCCCC(=O)O.[NaH]. The van der Waals surface area contributed by atoms with Crippen molar-refractivity contribution in [2.75, 3.05) is 0 Å². The van der Waals surface area contributed by atoms with E-state index >= 15 is 0 Å². The summed E-state index contributed by atoms with van der Waals surface area (Å²) in [5.41, 5.74) is 0. The van der Waals surface area contributed by atoms with Crippen molar-refractivity contribution in [3.63, 3.8) is 0 Å². The molecule has 0 aliphatic rings. The molecule has 56 valence electrons. The Balaban J connectivity index is 0. The van der Waals surface area contributed by atoms with Gasteiger partial charge in [0.2, 0.25) is 0 Å². The summed E-state index contributed by atoms with van der Waals surface area (Å²) in [5.74, 6) is -0.675. The first-order chi connectivity index (χ1) is 4.27. The molecule has 0 aliphatic carbocycles.